The molecule has 3 aromatic heterocycles. The number of aromatic nitrogens is 3. The smallest absolute Gasteiger partial charge is 0.268 e. The van der Waals surface area contributed by atoms with E-state index in [0.29, 0.717) is 12.2 Å². The van der Waals surface area contributed by atoms with Gasteiger partial charge in [0.05, 0.1) is 18.4 Å². The van der Waals surface area contributed by atoms with Crippen molar-refractivity contribution < 1.29 is 4.79 Å². The molecule has 7 heteroatoms. The van der Waals surface area contributed by atoms with Crippen molar-refractivity contribution in [1.29, 1.82) is 0 Å². The van der Waals surface area contributed by atoms with Crippen molar-refractivity contribution >= 4 is 23.5 Å². The van der Waals surface area contributed by atoms with Crippen molar-refractivity contribution in [2.45, 2.75) is 38.1 Å². The van der Waals surface area contributed by atoms with Gasteiger partial charge in [-0.2, -0.15) is 0 Å². The Balaban J connectivity index is 1.44. The summed E-state index contributed by atoms with van der Waals surface area (Å²) in [5.74, 6) is 0.755. The fourth-order valence-corrected chi connectivity index (χ4v) is 4.68. The highest BCUT2D eigenvalue weighted by Gasteiger charge is 2.21. The maximum absolute atomic E-state index is 12.8. The molecule has 1 aliphatic rings. The maximum atomic E-state index is 12.8. The van der Waals surface area contributed by atoms with Crippen LogP contribution in [0, 0.1) is 12.8 Å². The van der Waals surface area contributed by atoms with Crippen LogP contribution >= 0.6 is 11.9 Å². The molecule has 28 heavy (non-hydrogen) atoms. The summed E-state index contributed by atoms with van der Waals surface area (Å²) in [5, 5.41) is 3.04. The van der Waals surface area contributed by atoms with Crippen LogP contribution in [0.3, 0.4) is 0 Å². The minimum atomic E-state index is -0.0596. The van der Waals surface area contributed by atoms with Crippen LogP contribution in [0.4, 0.5) is 0 Å². The van der Waals surface area contributed by atoms with Gasteiger partial charge in [0.15, 0.2) is 0 Å². The van der Waals surface area contributed by atoms with E-state index in [4.69, 9.17) is 0 Å². The van der Waals surface area contributed by atoms with E-state index in [2.05, 4.69) is 28.5 Å². The highest BCUT2D eigenvalue weighted by molar-refractivity contribution is 7.97. The first-order chi connectivity index (χ1) is 13.5. The molecule has 6 nitrogen and oxygen atoms in total. The number of imidazole rings is 1. The highest BCUT2D eigenvalue weighted by Crippen LogP contribution is 2.32. The SMILES string of the molecule is Cc1c(SN2CCC(C)CC2)cc(C(=O)NCc2cnc3ccccn23)n1C. The van der Waals surface area contributed by atoms with E-state index in [0.717, 1.165) is 40.9 Å². The molecule has 0 saturated carbocycles. The first-order valence-electron chi connectivity index (χ1n) is 9.81. The zero-order valence-electron chi connectivity index (χ0n) is 16.7. The Morgan fingerprint density at radius 3 is 2.89 bits per heavy atom. The quantitative estimate of drug-likeness (QED) is 0.668. The van der Waals surface area contributed by atoms with Gasteiger partial charge in [0, 0.05) is 36.9 Å². The lowest BCUT2D eigenvalue weighted by Gasteiger charge is -2.28. The highest BCUT2D eigenvalue weighted by atomic mass is 32.2. The number of carbonyl (C=O) groups excluding carboxylic acids is 1. The van der Waals surface area contributed by atoms with Gasteiger partial charge >= 0.3 is 0 Å². The fourth-order valence-electron chi connectivity index (χ4n) is 3.57. The number of piperidine rings is 1. The number of hydrogen-bond donors (Lipinski definition) is 1. The van der Waals surface area contributed by atoms with Crippen molar-refractivity contribution in [1.82, 2.24) is 23.6 Å². The van der Waals surface area contributed by atoms with E-state index in [9.17, 15) is 4.79 Å². The Hall–Kier alpha value is -2.25. The molecule has 1 N–H and O–H groups in total. The lowest BCUT2D eigenvalue weighted by Crippen LogP contribution is -2.27. The van der Waals surface area contributed by atoms with Gasteiger partial charge in [-0.05, 0) is 55.8 Å². The Morgan fingerprint density at radius 2 is 2.11 bits per heavy atom. The number of pyridine rings is 1. The summed E-state index contributed by atoms with van der Waals surface area (Å²) in [7, 11) is 1.96. The first kappa shape index (κ1) is 19.1. The number of carbonyl (C=O) groups is 1. The van der Waals surface area contributed by atoms with Crippen LogP contribution in [-0.4, -0.2) is 37.3 Å². The molecule has 0 unspecified atom stereocenters. The average Bonchev–Trinajstić information content (AvgIpc) is 3.24. The molecule has 1 saturated heterocycles. The Morgan fingerprint density at radius 1 is 1.32 bits per heavy atom. The Kier molecular flexibility index (Phi) is 5.46. The number of amides is 1. The predicted molar refractivity (Wildman–Crippen MR) is 112 cm³/mol. The Labute approximate surface area is 170 Å². The molecule has 4 heterocycles. The van der Waals surface area contributed by atoms with Gasteiger partial charge < -0.3 is 14.3 Å². The molecule has 1 aliphatic heterocycles. The average molecular weight is 398 g/mol. The van der Waals surface area contributed by atoms with Gasteiger partial charge in [-0.25, -0.2) is 9.29 Å². The second-order valence-corrected chi connectivity index (χ2v) is 8.74. The van der Waals surface area contributed by atoms with Crippen LogP contribution < -0.4 is 5.32 Å². The zero-order chi connectivity index (χ0) is 19.7. The van der Waals surface area contributed by atoms with Crippen molar-refractivity contribution in [3.8, 4) is 0 Å². The molecular formula is C21H27N5OS. The molecule has 4 rings (SSSR count). The second-order valence-electron chi connectivity index (χ2n) is 7.60. The van der Waals surface area contributed by atoms with Gasteiger partial charge in [0.2, 0.25) is 0 Å². The topological polar surface area (TPSA) is 54.6 Å². The van der Waals surface area contributed by atoms with E-state index in [1.54, 1.807) is 11.9 Å². The molecule has 1 amide bonds. The molecule has 0 atom stereocenters. The van der Waals surface area contributed by atoms with Crippen molar-refractivity contribution in [3.63, 3.8) is 0 Å². The first-order valence-corrected chi connectivity index (χ1v) is 10.6. The molecule has 1 fully saturated rings. The molecular weight excluding hydrogens is 370 g/mol. The summed E-state index contributed by atoms with van der Waals surface area (Å²) in [6, 6.07) is 7.89. The number of rotatable bonds is 5. The zero-order valence-corrected chi connectivity index (χ0v) is 17.5. The molecule has 148 valence electrons. The summed E-state index contributed by atoms with van der Waals surface area (Å²) in [6.45, 7) is 7.06. The normalized spacial score (nSPS) is 16.0. The molecule has 0 aromatic carbocycles. The van der Waals surface area contributed by atoms with Gasteiger partial charge in [-0.1, -0.05) is 13.0 Å². The van der Waals surface area contributed by atoms with Gasteiger partial charge in [-0.15, -0.1) is 0 Å². The van der Waals surface area contributed by atoms with Crippen molar-refractivity contribution in [2.24, 2.45) is 13.0 Å². The van der Waals surface area contributed by atoms with Crippen LogP contribution in [0.25, 0.3) is 5.65 Å². The standard InChI is InChI=1S/C21H27N5OS/c1-15-7-10-25(11-8-15)28-19-12-18(24(3)16(19)2)21(27)23-14-17-13-22-20-6-4-5-9-26(17)20/h4-6,9,12-13,15H,7-8,10-11,14H2,1-3H3,(H,23,27). The lowest BCUT2D eigenvalue weighted by atomic mass is 10.0. The fraction of sp³-hybridized carbons (Fsp3) is 0.429. The number of fused-ring (bicyclic) bond motifs is 1. The summed E-state index contributed by atoms with van der Waals surface area (Å²) in [6.07, 6.45) is 6.26. The maximum Gasteiger partial charge on any atom is 0.268 e. The molecule has 0 aliphatic carbocycles. The van der Waals surface area contributed by atoms with E-state index in [-0.39, 0.29) is 5.91 Å². The van der Waals surface area contributed by atoms with Crippen molar-refractivity contribution in [2.75, 3.05) is 13.1 Å². The van der Waals surface area contributed by atoms with Crippen LogP contribution in [0.5, 0.6) is 0 Å². The van der Waals surface area contributed by atoms with Crippen LogP contribution in [0.1, 0.15) is 41.6 Å². The van der Waals surface area contributed by atoms with Gasteiger partial charge in [-0.3, -0.25) is 4.79 Å². The van der Waals surface area contributed by atoms with Gasteiger partial charge in [0.25, 0.3) is 5.91 Å². The monoisotopic (exact) mass is 397 g/mol. The van der Waals surface area contributed by atoms with Crippen LogP contribution in [0.2, 0.25) is 0 Å². The minimum Gasteiger partial charge on any atom is -0.345 e. The predicted octanol–water partition coefficient (Wildman–Crippen LogP) is 3.65. The molecule has 3 aromatic rings. The van der Waals surface area contributed by atoms with E-state index < -0.39 is 0 Å². The minimum absolute atomic E-state index is 0.0596. The third kappa shape index (κ3) is 3.82. The number of hydrogen-bond acceptors (Lipinski definition) is 4. The van der Waals surface area contributed by atoms with Crippen LogP contribution in [0.15, 0.2) is 41.6 Å². The third-order valence-corrected chi connectivity index (χ3v) is 6.85. The largest absolute Gasteiger partial charge is 0.345 e. The van der Waals surface area contributed by atoms with E-state index >= 15 is 0 Å². The summed E-state index contributed by atoms with van der Waals surface area (Å²) in [5.41, 5.74) is 3.67. The van der Waals surface area contributed by atoms with E-state index in [1.807, 2.05) is 52.7 Å². The molecule has 0 spiro atoms. The summed E-state index contributed by atoms with van der Waals surface area (Å²) in [4.78, 5) is 18.4. The van der Waals surface area contributed by atoms with E-state index in [1.165, 1.54) is 12.8 Å². The second kappa shape index (κ2) is 8.01. The lowest BCUT2D eigenvalue weighted by molar-refractivity contribution is 0.0942. The summed E-state index contributed by atoms with van der Waals surface area (Å²) < 4.78 is 6.40. The Bertz CT molecular complexity index is 984. The van der Waals surface area contributed by atoms with Crippen molar-refractivity contribution in [3.05, 3.63) is 53.7 Å². The molecule has 0 radical (unpaired) electrons. The number of nitrogens with one attached hydrogen (secondary N) is 1. The van der Waals surface area contributed by atoms with Gasteiger partial charge in [0.1, 0.15) is 11.3 Å². The summed E-state index contributed by atoms with van der Waals surface area (Å²) >= 11 is 1.78. The molecule has 0 bridgehead atoms. The third-order valence-electron chi connectivity index (χ3n) is 5.62. The number of nitrogens with zero attached hydrogens (tertiary/aromatic N) is 4. The van der Waals surface area contributed by atoms with Crippen LogP contribution in [-0.2, 0) is 13.6 Å².